The summed E-state index contributed by atoms with van der Waals surface area (Å²) in [5, 5.41) is 0.713. The second kappa shape index (κ2) is 5.89. The SMILES string of the molecule is CCc1ccc(Cl)cc1OCCCN. The highest BCUT2D eigenvalue weighted by Crippen LogP contribution is 2.23. The number of aryl methyl sites for hydroxylation is 1. The Morgan fingerprint density at radius 3 is 2.86 bits per heavy atom. The van der Waals surface area contributed by atoms with Crippen molar-refractivity contribution in [1.82, 2.24) is 0 Å². The quantitative estimate of drug-likeness (QED) is 0.764. The summed E-state index contributed by atoms with van der Waals surface area (Å²) in [7, 11) is 0. The first-order valence-corrected chi connectivity index (χ1v) is 5.27. The van der Waals surface area contributed by atoms with E-state index < -0.39 is 0 Å². The molecule has 78 valence electrons. The summed E-state index contributed by atoms with van der Waals surface area (Å²) >= 11 is 5.88. The van der Waals surface area contributed by atoms with Crippen molar-refractivity contribution in [3.05, 3.63) is 28.8 Å². The molecule has 0 spiro atoms. The summed E-state index contributed by atoms with van der Waals surface area (Å²) < 4.78 is 5.58. The van der Waals surface area contributed by atoms with E-state index in [2.05, 4.69) is 6.92 Å². The molecular formula is C11H16ClNO. The Hall–Kier alpha value is -0.730. The molecule has 0 amide bonds. The van der Waals surface area contributed by atoms with Crippen molar-refractivity contribution in [2.24, 2.45) is 5.73 Å². The Morgan fingerprint density at radius 1 is 1.43 bits per heavy atom. The Bertz CT molecular complexity index is 289. The third-order valence-corrected chi connectivity index (χ3v) is 2.25. The number of halogens is 1. The average molecular weight is 214 g/mol. The molecule has 0 fully saturated rings. The van der Waals surface area contributed by atoms with Crippen LogP contribution < -0.4 is 10.5 Å². The topological polar surface area (TPSA) is 35.2 Å². The Labute approximate surface area is 90.0 Å². The second-order valence-electron chi connectivity index (χ2n) is 3.10. The number of hydrogen-bond donors (Lipinski definition) is 1. The monoisotopic (exact) mass is 213 g/mol. The first-order valence-electron chi connectivity index (χ1n) is 4.89. The van der Waals surface area contributed by atoms with Gasteiger partial charge in [-0.25, -0.2) is 0 Å². The second-order valence-corrected chi connectivity index (χ2v) is 3.53. The van der Waals surface area contributed by atoms with E-state index in [9.17, 15) is 0 Å². The largest absolute Gasteiger partial charge is 0.493 e. The molecule has 1 aromatic carbocycles. The van der Waals surface area contributed by atoms with Crippen molar-refractivity contribution < 1.29 is 4.74 Å². The van der Waals surface area contributed by atoms with Gasteiger partial charge in [0.1, 0.15) is 5.75 Å². The Balaban J connectivity index is 2.67. The lowest BCUT2D eigenvalue weighted by molar-refractivity contribution is 0.310. The van der Waals surface area contributed by atoms with E-state index in [1.807, 2.05) is 18.2 Å². The van der Waals surface area contributed by atoms with Crippen LogP contribution in [0.1, 0.15) is 18.9 Å². The maximum atomic E-state index is 5.88. The number of hydrogen-bond acceptors (Lipinski definition) is 2. The third-order valence-electron chi connectivity index (χ3n) is 2.02. The minimum Gasteiger partial charge on any atom is -0.493 e. The van der Waals surface area contributed by atoms with Gasteiger partial charge >= 0.3 is 0 Å². The van der Waals surface area contributed by atoms with Gasteiger partial charge in [0.15, 0.2) is 0 Å². The lowest BCUT2D eigenvalue weighted by Gasteiger charge is -2.10. The van der Waals surface area contributed by atoms with Crippen LogP contribution in [0.25, 0.3) is 0 Å². The molecule has 0 heterocycles. The van der Waals surface area contributed by atoms with Crippen LogP contribution in [0.5, 0.6) is 5.75 Å². The standard InChI is InChI=1S/C11H16ClNO/c1-2-9-4-5-10(12)8-11(9)14-7-3-6-13/h4-5,8H,2-3,6-7,13H2,1H3. The minimum atomic E-state index is 0.655. The van der Waals surface area contributed by atoms with E-state index in [0.29, 0.717) is 18.2 Å². The number of rotatable bonds is 5. The molecule has 0 aromatic heterocycles. The van der Waals surface area contributed by atoms with Crippen LogP contribution in [0.2, 0.25) is 5.02 Å². The smallest absolute Gasteiger partial charge is 0.123 e. The van der Waals surface area contributed by atoms with Crippen LogP contribution in [-0.2, 0) is 6.42 Å². The lowest BCUT2D eigenvalue weighted by atomic mass is 10.1. The molecular weight excluding hydrogens is 198 g/mol. The molecule has 14 heavy (non-hydrogen) atoms. The van der Waals surface area contributed by atoms with Gasteiger partial charge in [0.05, 0.1) is 6.61 Å². The number of nitrogens with two attached hydrogens (primary N) is 1. The molecule has 0 bridgehead atoms. The predicted molar refractivity (Wildman–Crippen MR) is 60.0 cm³/mol. The molecule has 1 aromatic rings. The molecule has 2 nitrogen and oxygen atoms in total. The average Bonchev–Trinajstić information content (AvgIpc) is 2.19. The fourth-order valence-corrected chi connectivity index (χ4v) is 1.38. The molecule has 0 aliphatic carbocycles. The van der Waals surface area contributed by atoms with Crippen molar-refractivity contribution in [3.63, 3.8) is 0 Å². The summed E-state index contributed by atoms with van der Waals surface area (Å²) in [6.07, 6.45) is 1.82. The predicted octanol–water partition coefficient (Wildman–Crippen LogP) is 2.63. The van der Waals surface area contributed by atoms with Gasteiger partial charge in [0.25, 0.3) is 0 Å². The maximum Gasteiger partial charge on any atom is 0.123 e. The Morgan fingerprint density at radius 2 is 2.21 bits per heavy atom. The van der Waals surface area contributed by atoms with Gasteiger partial charge in [-0.15, -0.1) is 0 Å². The summed E-state index contributed by atoms with van der Waals surface area (Å²) in [5.74, 6) is 0.883. The van der Waals surface area contributed by atoms with Crippen LogP contribution in [0.15, 0.2) is 18.2 Å². The van der Waals surface area contributed by atoms with Gasteiger partial charge in [0, 0.05) is 5.02 Å². The fourth-order valence-electron chi connectivity index (χ4n) is 1.22. The van der Waals surface area contributed by atoms with E-state index >= 15 is 0 Å². The third kappa shape index (κ3) is 3.20. The normalized spacial score (nSPS) is 10.2. The highest BCUT2D eigenvalue weighted by Gasteiger charge is 2.02. The molecule has 0 unspecified atom stereocenters. The van der Waals surface area contributed by atoms with E-state index in [0.717, 1.165) is 18.6 Å². The molecule has 0 aliphatic rings. The van der Waals surface area contributed by atoms with Crippen LogP contribution in [-0.4, -0.2) is 13.2 Å². The van der Waals surface area contributed by atoms with Gasteiger partial charge in [0.2, 0.25) is 0 Å². The first kappa shape index (κ1) is 11.3. The molecule has 0 aliphatic heterocycles. The van der Waals surface area contributed by atoms with Gasteiger partial charge in [-0.1, -0.05) is 24.6 Å². The van der Waals surface area contributed by atoms with Gasteiger partial charge < -0.3 is 10.5 Å². The molecule has 0 radical (unpaired) electrons. The zero-order valence-corrected chi connectivity index (χ0v) is 9.18. The van der Waals surface area contributed by atoms with E-state index in [1.165, 1.54) is 5.56 Å². The summed E-state index contributed by atoms with van der Waals surface area (Å²) in [6, 6.07) is 5.74. The molecule has 0 saturated carbocycles. The van der Waals surface area contributed by atoms with Gasteiger partial charge in [-0.3, -0.25) is 0 Å². The number of benzene rings is 1. The molecule has 0 atom stereocenters. The molecule has 3 heteroatoms. The van der Waals surface area contributed by atoms with Crippen molar-refractivity contribution in [3.8, 4) is 5.75 Å². The van der Waals surface area contributed by atoms with Crippen LogP contribution in [0, 0.1) is 0 Å². The summed E-state index contributed by atoms with van der Waals surface area (Å²) in [4.78, 5) is 0. The van der Waals surface area contributed by atoms with Crippen LogP contribution in [0.4, 0.5) is 0 Å². The van der Waals surface area contributed by atoms with Crippen LogP contribution >= 0.6 is 11.6 Å². The molecule has 0 saturated heterocycles. The fraction of sp³-hybridized carbons (Fsp3) is 0.455. The zero-order chi connectivity index (χ0) is 10.4. The first-order chi connectivity index (χ1) is 6.77. The van der Waals surface area contributed by atoms with Crippen molar-refractivity contribution in [2.45, 2.75) is 19.8 Å². The zero-order valence-electron chi connectivity index (χ0n) is 8.42. The van der Waals surface area contributed by atoms with Crippen molar-refractivity contribution in [1.29, 1.82) is 0 Å². The van der Waals surface area contributed by atoms with E-state index in [-0.39, 0.29) is 0 Å². The minimum absolute atomic E-state index is 0.655. The van der Waals surface area contributed by atoms with Gasteiger partial charge in [-0.05, 0) is 37.1 Å². The van der Waals surface area contributed by atoms with E-state index in [4.69, 9.17) is 22.1 Å². The van der Waals surface area contributed by atoms with Crippen LogP contribution in [0.3, 0.4) is 0 Å². The Kier molecular flexibility index (Phi) is 4.77. The lowest BCUT2D eigenvalue weighted by Crippen LogP contribution is -2.07. The highest BCUT2D eigenvalue weighted by atomic mass is 35.5. The van der Waals surface area contributed by atoms with Gasteiger partial charge in [-0.2, -0.15) is 0 Å². The summed E-state index contributed by atoms with van der Waals surface area (Å²) in [6.45, 7) is 3.41. The maximum absolute atomic E-state index is 5.88. The number of ether oxygens (including phenoxy) is 1. The van der Waals surface area contributed by atoms with Crippen molar-refractivity contribution in [2.75, 3.05) is 13.2 Å². The summed E-state index contributed by atoms with van der Waals surface area (Å²) in [5.41, 5.74) is 6.57. The van der Waals surface area contributed by atoms with E-state index in [1.54, 1.807) is 0 Å². The molecule has 2 N–H and O–H groups in total. The molecule has 1 rings (SSSR count). The highest BCUT2D eigenvalue weighted by molar-refractivity contribution is 6.30. The van der Waals surface area contributed by atoms with Crippen molar-refractivity contribution >= 4 is 11.6 Å².